The van der Waals surface area contributed by atoms with Crippen molar-refractivity contribution in [2.75, 3.05) is 18.5 Å². The van der Waals surface area contributed by atoms with Crippen LogP contribution in [0, 0.1) is 0 Å². The average Bonchev–Trinajstić information content (AvgIpc) is 2.68. The summed E-state index contributed by atoms with van der Waals surface area (Å²) in [6.45, 7) is 5.76. The molecule has 0 aromatic heterocycles. The maximum atomic E-state index is 12.9. The number of nitrogens with one attached hydrogen (secondary N) is 1. The van der Waals surface area contributed by atoms with Crippen LogP contribution < -0.4 is 10.1 Å². The summed E-state index contributed by atoms with van der Waals surface area (Å²) >= 11 is 0. The third kappa shape index (κ3) is 4.01. The summed E-state index contributed by atoms with van der Waals surface area (Å²) in [7, 11) is 0. The van der Waals surface area contributed by atoms with Crippen LogP contribution in [0.25, 0.3) is 0 Å². The Morgan fingerprint density at radius 1 is 1.00 bits per heavy atom. The second-order valence-electron chi connectivity index (χ2n) is 6.72. The molecule has 1 N–H and O–H groups in total. The van der Waals surface area contributed by atoms with E-state index in [1.54, 1.807) is 0 Å². The van der Waals surface area contributed by atoms with Gasteiger partial charge in [0.1, 0.15) is 11.9 Å². The van der Waals surface area contributed by atoms with Gasteiger partial charge in [-0.3, -0.25) is 4.79 Å². The fraction of sp³-hybridized carbons (Fsp3) is 0.409. The first kappa shape index (κ1) is 18.3. The summed E-state index contributed by atoms with van der Waals surface area (Å²) in [6.07, 6.45) is 4.24. The Bertz CT molecular complexity index is 727. The van der Waals surface area contributed by atoms with Crippen LogP contribution in [0.4, 0.5) is 5.69 Å². The summed E-state index contributed by atoms with van der Waals surface area (Å²) in [6, 6.07) is 15.8. The predicted molar refractivity (Wildman–Crippen MR) is 106 cm³/mol. The van der Waals surface area contributed by atoms with Gasteiger partial charge in [0, 0.05) is 12.2 Å². The van der Waals surface area contributed by atoms with Crippen LogP contribution in [-0.4, -0.2) is 24.0 Å². The molecule has 1 atom stereocenters. The van der Waals surface area contributed by atoms with E-state index < -0.39 is 0 Å². The summed E-state index contributed by atoms with van der Waals surface area (Å²) in [4.78, 5) is 14.8. The van der Waals surface area contributed by atoms with Crippen molar-refractivity contribution in [3.05, 3.63) is 59.7 Å². The minimum Gasteiger partial charge on any atom is -0.494 e. The first-order valence-corrected chi connectivity index (χ1v) is 9.64. The van der Waals surface area contributed by atoms with E-state index in [0.29, 0.717) is 0 Å². The van der Waals surface area contributed by atoms with Gasteiger partial charge in [0.15, 0.2) is 0 Å². The molecular weight excluding hydrogens is 324 g/mol. The Hall–Kier alpha value is -2.49. The highest BCUT2D eigenvalue weighted by Gasteiger charge is 2.31. The zero-order valence-electron chi connectivity index (χ0n) is 15.7. The largest absolute Gasteiger partial charge is 0.494 e. The van der Waals surface area contributed by atoms with Crippen molar-refractivity contribution in [1.82, 2.24) is 4.90 Å². The number of hydrogen-bond acceptors (Lipinski definition) is 3. The summed E-state index contributed by atoms with van der Waals surface area (Å²) in [5, 5.41) is 3.52. The molecule has 0 fully saturated rings. The lowest BCUT2D eigenvalue weighted by atomic mass is 10.0. The molecule has 0 saturated carbocycles. The van der Waals surface area contributed by atoms with Gasteiger partial charge in [-0.05, 0) is 42.7 Å². The molecule has 0 bridgehead atoms. The van der Waals surface area contributed by atoms with E-state index in [1.807, 2.05) is 41.3 Å². The maximum Gasteiger partial charge on any atom is 0.257 e. The van der Waals surface area contributed by atoms with Gasteiger partial charge >= 0.3 is 0 Å². The SMILES string of the molecule is CCCCCOc1ccc(C2Nc3ccccc3C(=O)N2CCC)cc1. The number of hydrogen-bond donors (Lipinski definition) is 1. The smallest absolute Gasteiger partial charge is 0.257 e. The number of anilines is 1. The van der Waals surface area contributed by atoms with Crippen molar-refractivity contribution in [1.29, 1.82) is 0 Å². The molecule has 2 aromatic carbocycles. The molecule has 1 aliphatic heterocycles. The molecule has 0 radical (unpaired) electrons. The number of amides is 1. The molecule has 4 heteroatoms. The molecule has 0 aliphatic carbocycles. The van der Waals surface area contributed by atoms with Gasteiger partial charge in [0.25, 0.3) is 5.91 Å². The highest BCUT2D eigenvalue weighted by atomic mass is 16.5. The maximum absolute atomic E-state index is 12.9. The van der Waals surface area contributed by atoms with Crippen molar-refractivity contribution in [2.24, 2.45) is 0 Å². The van der Waals surface area contributed by atoms with Gasteiger partial charge in [-0.15, -0.1) is 0 Å². The van der Waals surface area contributed by atoms with E-state index in [9.17, 15) is 4.79 Å². The second-order valence-corrected chi connectivity index (χ2v) is 6.72. The van der Waals surface area contributed by atoms with E-state index in [4.69, 9.17) is 4.74 Å². The topological polar surface area (TPSA) is 41.6 Å². The zero-order chi connectivity index (χ0) is 18.4. The molecular formula is C22H28N2O2. The molecule has 1 heterocycles. The Morgan fingerprint density at radius 3 is 2.50 bits per heavy atom. The van der Waals surface area contributed by atoms with Crippen molar-refractivity contribution >= 4 is 11.6 Å². The van der Waals surface area contributed by atoms with E-state index in [0.717, 1.165) is 48.6 Å². The average molecular weight is 352 g/mol. The lowest BCUT2D eigenvalue weighted by molar-refractivity contribution is 0.0683. The van der Waals surface area contributed by atoms with E-state index >= 15 is 0 Å². The highest BCUT2D eigenvalue weighted by molar-refractivity contribution is 6.01. The fourth-order valence-electron chi connectivity index (χ4n) is 3.32. The number of benzene rings is 2. The molecule has 26 heavy (non-hydrogen) atoms. The Labute approximate surface area is 156 Å². The second kappa shape index (κ2) is 8.75. The van der Waals surface area contributed by atoms with Crippen molar-refractivity contribution < 1.29 is 9.53 Å². The van der Waals surface area contributed by atoms with Crippen LogP contribution in [0.1, 0.15) is 61.6 Å². The first-order chi connectivity index (χ1) is 12.7. The molecule has 1 amide bonds. The first-order valence-electron chi connectivity index (χ1n) is 9.64. The van der Waals surface area contributed by atoms with Crippen LogP contribution in [-0.2, 0) is 0 Å². The van der Waals surface area contributed by atoms with Crippen LogP contribution in [0.3, 0.4) is 0 Å². The molecule has 4 nitrogen and oxygen atoms in total. The number of para-hydroxylation sites is 1. The molecule has 1 aliphatic rings. The van der Waals surface area contributed by atoms with Crippen LogP contribution in [0.15, 0.2) is 48.5 Å². The molecule has 0 saturated heterocycles. The number of carbonyl (C=O) groups is 1. The van der Waals surface area contributed by atoms with Crippen molar-refractivity contribution in [2.45, 2.75) is 45.7 Å². The quantitative estimate of drug-likeness (QED) is 0.661. The molecule has 1 unspecified atom stereocenters. The lowest BCUT2D eigenvalue weighted by Gasteiger charge is -2.38. The zero-order valence-corrected chi connectivity index (χ0v) is 15.7. The minimum absolute atomic E-state index is 0.0890. The van der Waals surface area contributed by atoms with Crippen LogP contribution in [0.2, 0.25) is 0 Å². The molecule has 3 rings (SSSR count). The Balaban J connectivity index is 1.77. The fourth-order valence-corrected chi connectivity index (χ4v) is 3.32. The predicted octanol–water partition coefficient (Wildman–Crippen LogP) is 5.23. The highest BCUT2D eigenvalue weighted by Crippen LogP contribution is 2.33. The van der Waals surface area contributed by atoms with Gasteiger partial charge in [0.2, 0.25) is 0 Å². The van der Waals surface area contributed by atoms with Crippen molar-refractivity contribution in [3.63, 3.8) is 0 Å². The van der Waals surface area contributed by atoms with Gasteiger partial charge in [-0.2, -0.15) is 0 Å². The van der Waals surface area contributed by atoms with Gasteiger partial charge < -0.3 is 15.0 Å². The normalized spacial score (nSPS) is 16.2. The van der Waals surface area contributed by atoms with Crippen LogP contribution >= 0.6 is 0 Å². The molecule has 2 aromatic rings. The number of fused-ring (bicyclic) bond motifs is 1. The van der Waals surface area contributed by atoms with Crippen LogP contribution in [0.5, 0.6) is 5.75 Å². The van der Waals surface area contributed by atoms with Gasteiger partial charge in [-0.25, -0.2) is 0 Å². The number of rotatable bonds is 8. The van der Waals surface area contributed by atoms with Gasteiger partial charge in [0.05, 0.1) is 12.2 Å². The number of unbranched alkanes of at least 4 members (excludes halogenated alkanes) is 2. The number of ether oxygens (including phenoxy) is 1. The lowest BCUT2D eigenvalue weighted by Crippen LogP contribution is -2.43. The van der Waals surface area contributed by atoms with Gasteiger partial charge in [-0.1, -0.05) is 51.0 Å². The van der Waals surface area contributed by atoms with E-state index in [-0.39, 0.29) is 12.1 Å². The third-order valence-corrected chi connectivity index (χ3v) is 4.70. The Morgan fingerprint density at radius 2 is 1.77 bits per heavy atom. The third-order valence-electron chi connectivity index (χ3n) is 4.70. The van der Waals surface area contributed by atoms with E-state index in [2.05, 4.69) is 31.3 Å². The summed E-state index contributed by atoms with van der Waals surface area (Å²) in [5.74, 6) is 0.973. The molecule has 138 valence electrons. The monoisotopic (exact) mass is 352 g/mol. The van der Waals surface area contributed by atoms with Crippen molar-refractivity contribution in [3.8, 4) is 5.75 Å². The van der Waals surface area contributed by atoms with E-state index in [1.165, 1.54) is 12.8 Å². The number of nitrogens with zero attached hydrogens (tertiary/aromatic N) is 1. The molecule has 0 spiro atoms. The Kier molecular flexibility index (Phi) is 6.16. The summed E-state index contributed by atoms with van der Waals surface area (Å²) < 4.78 is 5.80. The standard InChI is InChI=1S/C22H28N2O2/c1-3-5-8-16-26-18-13-11-17(12-14-18)21-23-20-10-7-6-9-19(20)22(25)24(21)15-4-2/h6-7,9-14,21,23H,3-5,8,15-16H2,1-2H3. The number of carbonyl (C=O) groups excluding carboxylic acids is 1. The summed E-state index contributed by atoms with van der Waals surface area (Å²) in [5.41, 5.74) is 2.71. The minimum atomic E-state index is -0.147.